The van der Waals surface area contributed by atoms with Gasteiger partial charge in [-0.2, -0.15) is 0 Å². The maximum absolute atomic E-state index is 5.79. The summed E-state index contributed by atoms with van der Waals surface area (Å²) in [5.74, 6) is 0. The second-order valence-corrected chi connectivity index (χ2v) is 8.68. The Morgan fingerprint density at radius 1 is 1.00 bits per heavy atom. The van der Waals surface area contributed by atoms with Gasteiger partial charge in [-0.15, -0.1) is 0 Å². The molecule has 0 unspecified atom stereocenters. The van der Waals surface area contributed by atoms with Crippen LogP contribution in [0.25, 0.3) is 0 Å². The Morgan fingerprint density at radius 3 is 2.60 bits per heavy atom. The van der Waals surface area contributed by atoms with Gasteiger partial charge in [-0.25, -0.2) is 0 Å². The van der Waals surface area contributed by atoms with E-state index in [4.69, 9.17) is 12.2 Å². The summed E-state index contributed by atoms with van der Waals surface area (Å²) >= 11 is 5.79. The van der Waals surface area contributed by atoms with Gasteiger partial charge in [0, 0.05) is 43.6 Å². The molecule has 0 aromatic carbocycles. The zero-order chi connectivity index (χ0) is 20.3. The predicted molar refractivity (Wildman–Crippen MR) is 122 cm³/mol. The molecule has 1 aliphatic carbocycles. The van der Waals surface area contributed by atoms with Crippen molar-refractivity contribution in [3.05, 3.63) is 84.2 Å². The number of hydrogen-bond acceptors (Lipinski definition) is 3. The van der Waals surface area contributed by atoms with Gasteiger partial charge in [-0.3, -0.25) is 9.97 Å². The summed E-state index contributed by atoms with van der Waals surface area (Å²) in [6.45, 7) is 0.747. The minimum absolute atomic E-state index is 0.0303. The topological polar surface area (TPSA) is 46.0 Å². The van der Waals surface area contributed by atoms with Gasteiger partial charge < -0.3 is 14.8 Å². The first-order chi connectivity index (χ1) is 14.8. The molecule has 1 aliphatic heterocycles. The average Bonchev–Trinajstić information content (AvgIpc) is 3.41. The van der Waals surface area contributed by atoms with E-state index >= 15 is 0 Å². The van der Waals surface area contributed by atoms with Crippen molar-refractivity contribution in [1.29, 1.82) is 0 Å². The van der Waals surface area contributed by atoms with E-state index in [2.05, 4.69) is 61.4 Å². The minimum atomic E-state index is 0.0303. The molecule has 2 fully saturated rings. The smallest absolute Gasteiger partial charge is 0.170 e. The van der Waals surface area contributed by atoms with Crippen molar-refractivity contribution in [3.63, 3.8) is 0 Å². The number of hydrogen-bond donors (Lipinski definition) is 1. The van der Waals surface area contributed by atoms with Crippen LogP contribution < -0.4 is 5.32 Å². The first kappa shape index (κ1) is 19.2. The van der Waals surface area contributed by atoms with Crippen LogP contribution in [-0.2, 0) is 6.54 Å². The van der Waals surface area contributed by atoms with E-state index in [1.165, 1.54) is 43.2 Å². The lowest BCUT2D eigenvalue weighted by atomic mass is 9.95. The van der Waals surface area contributed by atoms with Crippen LogP contribution in [0.3, 0.4) is 0 Å². The molecule has 3 aromatic rings. The molecule has 2 aliphatic rings. The number of aromatic nitrogens is 3. The van der Waals surface area contributed by atoms with Crippen LogP contribution in [0.2, 0.25) is 0 Å². The van der Waals surface area contributed by atoms with E-state index in [-0.39, 0.29) is 12.1 Å². The van der Waals surface area contributed by atoms with Gasteiger partial charge in [0.15, 0.2) is 5.11 Å². The fraction of sp³-hybridized carbons (Fsp3) is 0.375. The molecule has 1 N–H and O–H groups in total. The Kier molecular flexibility index (Phi) is 5.49. The van der Waals surface area contributed by atoms with E-state index in [0.717, 1.165) is 17.4 Å². The highest BCUT2D eigenvalue weighted by atomic mass is 32.1. The Hall–Kier alpha value is -2.73. The van der Waals surface area contributed by atoms with Crippen molar-refractivity contribution in [2.24, 2.45) is 0 Å². The summed E-state index contributed by atoms with van der Waals surface area (Å²) in [6, 6.07) is 13.2. The van der Waals surface area contributed by atoms with Gasteiger partial charge in [0.2, 0.25) is 0 Å². The van der Waals surface area contributed by atoms with Crippen LogP contribution in [0.15, 0.2) is 67.4 Å². The molecule has 1 saturated carbocycles. The van der Waals surface area contributed by atoms with Crippen molar-refractivity contribution in [2.45, 2.75) is 56.8 Å². The second kappa shape index (κ2) is 8.56. The lowest BCUT2D eigenvalue weighted by Crippen LogP contribution is -2.29. The van der Waals surface area contributed by atoms with Crippen molar-refractivity contribution < 1.29 is 0 Å². The molecule has 5 nitrogen and oxygen atoms in total. The van der Waals surface area contributed by atoms with Crippen LogP contribution in [0, 0.1) is 0 Å². The molecular formula is C24H27N5S. The lowest BCUT2D eigenvalue weighted by molar-refractivity contribution is 0.309. The maximum atomic E-state index is 5.79. The molecule has 0 amide bonds. The van der Waals surface area contributed by atoms with Gasteiger partial charge in [0.1, 0.15) is 0 Å². The number of nitrogens with one attached hydrogen (secondary N) is 1. The highest BCUT2D eigenvalue weighted by Crippen LogP contribution is 2.40. The van der Waals surface area contributed by atoms with Crippen LogP contribution in [0.1, 0.15) is 67.1 Å². The number of pyridine rings is 2. The Balaban J connectivity index is 1.49. The Bertz CT molecular complexity index is 981. The molecule has 0 spiro atoms. The zero-order valence-corrected chi connectivity index (χ0v) is 17.8. The van der Waals surface area contributed by atoms with Gasteiger partial charge >= 0.3 is 0 Å². The van der Waals surface area contributed by atoms with Crippen LogP contribution >= 0.6 is 12.2 Å². The van der Waals surface area contributed by atoms with Crippen molar-refractivity contribution >= 4 is 17.3 Å². The van der Waals surface area contributed by atoms with Crippen LogP contribution in [-0.4, -0.2) is 24.5 Å². The molecule has 30 heavy (non-hydrogen) atoms. The number of rotatable bonds is 5. The average molecular weight is 418 g/mol. The molecule has 0 bridgehead atoms. The SMILES string of the molecule is S=C1N[C@H](c2ccccn2)[C@H](c2ccn(C3CCCCC3)c2)N1Cc1ccncc1. The lowest BCUT2D eigenvalue weighted by Gasteiger charge is -2.28. The fourth-order valence-electron chi connectivity index (χ4n) is 4.84. The molecule has 154 valence electrons. The monoisotopic (exact) mass is 417 g/mol. The van der Waals surface area contributed by atoms with Crippen molar-refractivity contribution in [3.8, 4) is 0 Å². The zero-order valence-electron chi connectivity index (χ0n) is 17.0. The highest BCUT2D eigenvalue weighted by Gasteiger charge is 2.40. The number of nitrogens with zero attached hydrogens (tertiary/aromatic N) is 4. The first-order valence-electron chi connectivity index (χ1n) is 10.8. The maximum Gasteiger partial charge on any atom is 0.170 e. The minimum Gasteiger partial charge on any atom is -0.352 e. The fourth-order valence-corrected chi connectivity index (χ4v) is 5.14. The summed E-state index contributed by atoms with van der Waals surface area (Å²) in [5.41, 5.74) is 3.51. The van der Waals surface area contributed by atoms with E-state index in [0.29, 0.717) is 6.04 Å². The molecule has 2 atom stereocenters. The summed E-state index contributed by atoms with van der Waals surface area (Å²) in [7, 11) is 0. The standard InChI is InChI=1S/C24H27N5S/c30-24-27-22(21-8-4-5-12-26-21)23(29(24)16-18-9-13-25-14-10-18)19-11-15-28(17-19)20-6-2-1-3-7-20/h4-5,8-15,17,20,22-23H,1-3,6-7,16H2,(H,27,30)/t22-,23+/m1/s1. The Labute approximate surface area is 183 Å². The predicted octanol–water partition coefficient (Wildman–Crippen LogP) is 4.96. The molecule has 5 rings (SSSR count). The normalized spacial score (nSPS) is 22.3. The van der Waals surface area contributed by atoms with E-state index < -0.39 is 0 Å². The summed E-state index contributed by atoms with van der Waals surface area (Å²) < 4.78 is 2.43. The largest absolute Gasteiger partial charge is 0.352 e. The van der Waals surface area contributed by atoms with E-state index in [1.54, 1.807) is 0 Å². The van der Waals surface area contributed by atoms with E-state index in [1.807, 2.05) is 30.7 Å². The van der Waals surface area contributed by atoms with Crippen LogP contribution in [0.5, 0.6) is 0 Å². The Morgan fingerprint density at radius 2 is 1.83 bits per heavy atom. The van der Waals surface area contributed by atoms with E-state index in [9.17, 15) is 0 Å². The molecule has 1 saturated heterocycles. The second-order valence-electron chi connectivity index (χ2n) is 8.29. The third kappa shape index (κ3) is 3.84. The van der Waals surface area contributed by atoms with Gasteiger partial charge in [0.05, 0.1) is 17.8 Å². The van der Waals surface area contributed by atoms with Gasteiger partial charge in [-0.1, -0.05) is 25.3 Å². The number of thiocarbonyl (C=S) groups is 1. The first-order valence-corrected chi connectivity index (χ1v) is 11.2. The van der Waals surface area contributed by atoms with Crippen LogP contribution in [0.4, 0.5) is 0 Å². The highest BCUT2D eigenvalue weighted by molar-refractivity contribution is 7.80. The molecule has 4 heterocycles. The molecule has 0 radical (unpaired) electrons. The van der Waals surface area contributed by atoms with Crippen molar-refractivity contribution in [2.75, 3.05) is 0 Å². The summed E-state index contributed by atoms with van der Waals surface area (Å²) in [6.07, 6.45) is 16.7. The molecule has 6 heteroatoms. The quantitative estimate of drug-likeness (QED) is 0.595. The molecule has 3 aromatic heterocycles. The third-order valence-electron chi connectivity index (χ3n) is 6.38. The van der Waals surface area contributed by atoms with Gasteiger partial charge in [0.25, 0.3) is 0 Å². The van der Waals surface area contributed by atoms with Crippen molar-refractivity contribution in [1.82, 2.24) is 24.8 Å². The van der Waals surface area contributed by atoms with Gasteiger partial charge in [-0.05, 0) is 66.5 Å². The summed E-state index contributed by atoms with van der Waals surface area (Å²) in [4.78, 5) is 11.1. The molecular weight excluding hydrogens is 390 g/mol. The third-order valence-corrected chi connectivity index (χ3v) is 6.73. The summed E-state index contributed by atoms with van der Waals surface area (Å²) in [5, 5.41) is 4.32.